The van der Waals surface area contributed by atoms with Crippen LogP contribution in [0.2, 0.25) is 5.02 Å². The summed E-state index contributed by atoms with van der Waals surface area (Å²) in [4.78, 5) is 26.1. The maximum absolute atomic E-state index is 13.3. The highest BCUT2D eigenvalue weighted by atomic mass is 35.5. The summed E-state index contributed by atoms with van der Waals surface area (Å²) in [6, 6.07) is 10.5. The smallest absolute Gasteiger partial charge is 0.295 e. The number of amides is 1. The summed E-state index contributed by atoms with van der Waals surface area (Å²) < 4.78 is 13.3. The second-order valence-corrected chi connectivity index (χ2v) is 6.21. The maximum Gasteiger partial charge on any atom is 0.295 e. The second kappa shape index (κ2) is 7.27. The molecule has 0 spiro atoms. The number of carbonyl (C=O) groups is 2. The average molecular weight is 376 g/mol. The molecule has 26 heavy (non-hydrogen) atoms. The van der Waals surface area contributed by atoms with Crippen molar-refractivity contribution in [3.8, 4) is 0 Å². The summed E-state index contributed by atoms with van der Waals surface area (Å²) in [5.41, 5.74) is 0.662. The molecule has 1 heterocycles. The number of aliphatic hydroxyl groups is 2. The second-order valence-electron chi connectivity index (χ2n) is 5.77. The highest BCUT2D eigenvalue weighted by Gasteiger charge is 2.45. The SMILES string of the molecule is O=C1C(=O)N(CCO)C(c2ccc(F)cc2)C1=C(O)c1ccc(Cl)cc1. The summed E-state index contributed by atoms with van der Waals surface area (Å²) in [6.45, 7) is -0.449. The molecule has 2 aromatic carbocycles. The molecule has 1 atom stereocenters. The van der Waals surface area contributed by atoms with Gasteiger partial charge in [0.25, 0.3) is 11.7 Å². The zero-order chi connectivity index (χ0) is 18.8. The van der Waals surface area contributed by atoms with E-state index < -0.39 is 23.5 Å². The van der Waals surface area contributed by atoms with E-state index in [1.807, 2.05) is 0 Å². The molecule has 0 aromatic heterocycles. The number of β-amino-alcohol motifs (C(OH)–C–C–N with tert-alkyl or cyclic N) is 1. The molecule has 2 aromatic rings. The molecule has 0 saturated carbocycles. The third-order valence-electron chi connectivity index (χ3n) is 4.18. The fourth-order valence-corrected chi connectivity index (χ4v) is 3.10. The van der Waals surface area contributed by atoms with Gasteiger partial charge in [-0.25, -0.2) is 4.39 Å². The van der Waals surface area contributed by atoms with Crippen LogP contribution in [0.3, 0.4) is 0 Å². The number of benzene rings is 2. The van der Waals surface area contributed by atoms with Gasteiger partial charge in [-0.3, -0.25) is 9.59 Å². The molecular weight excluding hydrogens is 361 g/mol. The zero-order valence-corrected chi connectivity index (χ0v) is 14.3. The van der Waals surface area contributed by atoms with Gasteiger partial charge in [-0.05, 0) is 42.0 Å². The first-order valence-electron chi connectivity index (χ1n) is 7.84. The lowest BCUT2D eigenvalue weighted by Gasteiger charge is -2.24. The van der Waals surface area contributed by atoms with Crippen molar-refractivity contribution in [1.29, 1.82) is 0 Å². The number of carbonyl (C=O) groups excluding carboxylic acids is 2. The van der Waals surface area contributed by atoms with Crippen LogP contribution in [-0.4, -0.2) is 40.0 Å². The van der Waals surface area contributed by atoms with Crippen molar-refractivity contribution in [1.82, 2.24) is 4.90 Å². The Hall–Kier alpha value is -2.70. The van der Waals surface area contributed by atoms with Gasteiger partial charge in [0.1, 0.15) is 11.6 Å². The van der Waals surface area contributed by atoms with Gasteiger partial charge in [0.15, 0.2) is 0 Å². The predicted octanol–water partition coefficient (Wildman–Crippen LogP) is 2.89. The van der Waals surface area contributed by atoms with E-state index in [4.69, 9.17) is 11.6 Å². The molecule has 0 aliphatic carbocycles. The average Bonchev–Trinajstić information content (AvgIpc) is 2.88. The number of hydrogen-bond donors (Lipinski definition) is 2. The van der Waals surface area contributed by atoms with Crippen LogP contribution in [-0.2, 0) is 9.59 Å². The van der Waals surface area contributed by atoms with Gasteiger partial charge in [-0.1, -0.05) is 23.7 Å². The highest BCUT2D eigenvalue weighted by Crippen LogP contribution is 2.39. The Morgan fingerprint density at radius 2 is 1.69 bits per heavy atom. The first-order chi connectivity index (χ1) is 12.4. The molecule has 3 rings (SSSR count). The quantitative estimate of drug-likeness (QED) is 0.489. The summed E-state index contributed by atoms with van der Waals surface area (Å²) in [6.07, 6.45) is 0. The van der Waals surface area contributed by atoms with Crippen molar-refractivity contribution in [2.75, 3.05) is 13.2 Å². The molecular formula is C19H15ClFNO4. The first-order valence-corrected chi connectivity index (χ1v) is 8.22. The maximum atomic E-state index is 13.3. The van der Waals surface area contributed by atoms with E-state index in [0.717, 1.165) is 4.90 Å². The zero-order valence-electron chi connectivity index (χ0n) is 13.5. The summed E-state index contributed by atoms with van der Waals surface area (Å²) in [5.74, 6) is -2.51. The van der Waals surface area contributed by atoms with Crippen molar-refractivity contribution in [2.45, 2.75) is 6.04 Å². The van der Waals surface area contributed by atoms with Crippen molar-refractivity contribution in [2.24, 2.45) is 0 Å². The molecule has 1 amide bonds. The van der Waals surface area contributed by atoms with E-state index in [1.54, 1.807) is 12.1 Å². The van der Waals surface area contributed by atoms with Crippen LogP contribution in [0.25, 0.3) is 5.76 Å². The van der Waals surface area contributed by atoms with Gasteiger partial charge in [-0.2, -0.15) is 0 Å². The number of hydrogen-bond acceptors (Lipinski definition) is 4. The minimum Gasteiger partial charge on any atom is -0.507 e. The Kier molecular flexibility index (Phi) is 5.06. The minimum absolute atomic E-state index is 0.0932. The van der Waals surface area contributed by atoms with Crippen molar-refractivity contribution >= 4 is 29.1 Å². The van der Waals surface area contributed by atoms with Gasteiger partial charge in [-0.15, -0.1) is 0 Å². The van der Waals surface area contributed by atoms with Crippen LogP contribution in [0.5, 0.6) is 0 Å². The molecule has 5 nitrogen and oxygen atoms in total. The molecule has 1 aliphatic rings. The van der Waals surface area contributed by atoms with Crippen LogP contribution < -0.4 is 0 Å². The number of halogens is 2. The Balaban J connectivity index is 2.17. The Labute approximate surface area is 153 Å². The van der Waals surface area contributed by atoms with Crippen LogP contribution in [0.15, 0.2) is 54.1 Å². The van der Waals surface area contributed by atoms with E-state index in [2.05, 4.69) is 0 Å². The van der Waals surface area contributed by atoms with E-state index >= 15 is 0 Å². The lowest BCUT2D eigenvalue weighted by Crippen LogP contribution is -2.32. The Bertz CT molecular complexity index is 877. The fourth-order valence-electron chi connectivity index (χ4n) is 2.97. The Morgan fingerprint density at radius 1 is 1.08 bits per heavy atom. The lowest BCUT2D eigenvalue weighted by atomic mass is 9.95. The number of ketones is 1. The lowest BCUT2D eigenvalue weighted by molar-refractivity contribution is -0.140. The van der Waals surface area contributed by atoms with Gasteiger partial charge < -0.3 is 15.1 Å². The summed E-state index contributed by atoms with van der Waals surface area (Å²) >= 11 is 5.84. The summed E-state index contributed by atoms with van der Waals surface area (Å²) in [5, 5.41) is 20.4. The monoisotopic (exact) mass is 375 g/mol. The Morgan fingerprint density at radius 3 is 2.27 bits per heavy atom. The van der Waals surface area contributed by atoms with Crippen LogP contribution in [0.4, 0.5) is 4.39 Å². The number of likely N-dealkylation sites (tertiary alicyclic amines) is 1. The van der Waals surface area contributed by atoms with Gasteiger partial charge in [0, 0.05) is 17.1 Å². The molecule has 2 N–H and O–H groups in total. The fraction of sp³-hybridized carbons (Fsp3) is 0.158. The van der Waals surface area contributed by atoms with E-state index in [1.165, 1.54) is 36.4 Å². The number of rotatable bonds is 4. The van der Waals surface area contributed by atoms with E-state index in [0.29, 0.717) is 16.1 Å². The largest absolute Gasteiger partial charge is 0.507 e. The number of Topliss-reactive ketones (excluding diaryl/α,β-unsaturated/α-hetero) is 1. The minimum atomic E-state index is -0.918. The van der Waals surface area contributed by atoms with E-state index in [-0.39, 0.29) is 24.5 Å². The molecule has 0 radical (unpaired) electrons. The molecule has 1 saturated heterocycles. The van der Waals surface area contributed by atoms with Crippen molar-refractivity contribution in [3.05, 3.63) is 76.1 Å². The van der Waals surface area contributed by atoms with Crippen molar-refractivity contribution < 1.29 is 24.2 Å². The number of nitrogens with zero attached hydrogens (tertiary/aromatic N) is 1. The first kappa shape index (κ1) is 18.1. The van der Waals surface area contributed by atoms with Crippen LogP contribution >= 0.6 is 11.6 Å². The predicted molar refractivity (Wildman–Crippen MR) is 93.9 cm³/mol. The van der Waals surface area contributed by atoms with Gasteiger partial charge in [0.05, 0.1) is 18.2 Å². The molecule has 134 valence electrons. The van der Waals surface area contributed by atoms with Gasteiger partial charge >= 0.3 is 0 Å². The normalized spacial score (nSPS) is 19.2. The number of aliphatic hydroxyl groups excluding tert-OH is 2. The topological polar surface area (TPSA) is 77.8 Å². The van der Waals surface area contributed by atoms with Crippen LogP contribution in [0, 0.1) is 5.82 Å². The van der Waals surface area contributed by atoms with Gasteiger partial charge in [0.2, 0.25) is 0 Å². The molecule has 7 heteroatoms. The summed E-state index contributed by atoms with van der Waals surface area (Å²) in [7, 11) is 0. The third kappa shape index (κ3) is 3.21. The highest BCUT2D eigenvalue weighted by molar-refractivity contribution is 6.46. The molecule has 1 fully saturated rings. The van der Waals surface area contributed by atoms with Crippen molar-refractivity contribution in [3.63, 3.8) is 0 Å². The molecule has 0 bridgehead atoms. The molecule has 1 unspecified atom stereocenters. The van der Waals surface area contributed by atoms with Crippen LogP contribution in [0.1, 0.15) is 17.2 Å². The van der Waals surface area contributed by atoms with E-state index in [9.17, 15) is 24.2 Å². The third-order valence-corrected chi connectivity index (χ3v) is 4.44. The standard InChI is InChI=1S/C19H15ClFNO4/c20-13-5-1-12(2-6-13)17(24)15-16(11-3-7-14(21)8-4-11)22(9-10-23)19(26)18(15)25/h1-8,16,23-24H,9-10H2. The molecule has 1 aliphatic heterocycles.